The van der Waals surface area contributed by atoms with Crippen LogP contribution in [0, 0.1) is 13.8 Å². The Morgan fingerprint density at radius 1 is 1.32 bits per heavy atom. The van der Waals surface area contributed by atoms with Crippen molar-refractivity contribution in [3.05, 3.63) is 50.9 Å². The Kier molecular flexibility index (Phi) is 4.23. The topological polar surface area (TPSA) is 115 Å². The van der Waals surface area contributed by atoms with Crippen molar-refractivity contribution in [3.63, 3.8) is 0 Å². The molecule has 28 heavy (non-hydrogen) atoms. The van der Waals surface area contributed by atoms with Crippen LogP contribution in [0.3, 0.4) is 0 Å². The summed E-state index contributed by atoms with van der Waals surface area (Å²) in [5, 5.41) is 14.2. The van der Waals surface area contributed by atoms with E-state index in [1.807, 2.05) is 26.0 Å². The fourth-order valence-electron chi connectivity index (χ4n) is 3.76. The lowest BCUT2D eigenvalue weighted by molar-refractivity contribution is 0.131. The van der Waals surface area contributed by atoms with Gasteiger partial charge in [0.2, 0.25) is 0 Å². The van der Waals surface area contributed by atoms with Crippen LogP contribution in [0.1, 0.15) is 35.3 Å². The number of rotatable bonds is 2. The number of nitrogens with zero attached hydrogens (tertiary/aromatic N) is 3. The number of carbonyl (C=O) groups is 1. The molecule has 1 amide bonds. The zero-order valence-electron chi connectivity index (χ0n) is 16.0. The number of hydrogen-bond acceptors (Lipinski definition) is 5. The zero-order valence-corrected chi connectivity index (χ0v) is 16.0. The first-order chi connectivity index (χ1) is 13.3. The summed E-state index contributed by atoms with van der Waals surface area (Å²) in [6.07, 6.45) is 0.655. The first-order valence-corrected chi connectivity index (χ1v) is 9.14. The molecule has 146 valence electrons. The van der Waals surface area contributed by atoms with Crippen molar-refractivity contribution in [2.24, 2.45) is 5.73 Å². The summed E-state index contributed by atoms with van der Waals surface area (Å²) < 4.78 is 7.99. The molecule has 0 fully saturated rings. The van der Waals surface area contributed by atoms with Gasteiger partial charge in [0.25, 0.3) is 0 Å². The smallest absolute Gasteiger partial charge is 0.407 e. The Morgan fingerprint density at radius 2 is 2.07 bits per heavy atom. The van der Waals surface area contributed by atoms with Crippen LogP contribution in [0.5, 0.6) is 0 Å². The summed E-state index contributed by atoms with van der Waals surface area (Å²) in [6, 6.07) is 3.43. The van der Waals surface area contributed by atoms with Gasteiger partial charge in [0.1, 0.15) is 11.3 Å². The lowest BCUT2D eigenvalue weighted by Crippen LogP contribution is -2.37. The van der Waals surface area contributed by atoms with E-state index in [4.69, 9.17) is 10.2 Å². The van der Waals surface area contributed by atoms with Crippen molar-refractivity contribution >= 4 is 17.1 Å². The minimum atomic E-state index is -0.982. The molecule has 0 bridgehead atoms. The van der Waals surface area contributed by atoms with Gasteiger partial charge in [-0.05, 0) is 32.4 Å². The van der Waals surface area contributed by atoms with Crippen molar-refractivity contribution in [1.82, 2.24) is 14.7 Å². The molecule has 1 atom stereocenters. The summed E-state index contributed by atoms with van der Waals surface area (Å²) in [7, 11) is 0. The zero-order chi connectivity index (χ0) is 20.2. The van der Waals surface area contributed by atoms with Gasteiger partial charge in [-0.1, -0.05) is 6.07 Å². The van der Waals surface area contributed by atoms with Gasteiger partial charge in [0, 0.05) is 23.7 Å². The molecule has 1 aliphatic heterocycles. The van der Waals surface area contributed by atoms with E-state index in [1.165, 1.54) is 4.90 Å². The fourth-order valence-corrected chi connectivity index (χ4v) is 3.76. The molecule has 1 aliphatic rings. The molecule has 8 nitrogen and oxygen atoms in total. The highest BCUT2D eigenvalue weighted by atomic mass is 16.4. The second-order valence-corrected chi connectivity index (χ2v) is 7.34. The van der Waals surface area contributed by atoms with Gasteiger partial charge in [-0.2, -0.15) is 5.10 Å². The van der Waals surface area contributed by atoms with Crippen molar-refractivity contribution < 1.29 is 14.3 Å². The summed E-state index contributed by atoms with van der Waals surface area (Å²) in [4.78, 5) is 25.8. The quantitative estimate of drug-likeness (QED) is 0.704. The summed E-state index contributed by atoms with van der Waals surface area (Å²) in [5.41, 5.74) is 10.0. The van der Waals surface area contributed by atoms with Crippen LogP contribution in [-0.4, -0.2) is 32.4 Å². The maximum absolute atomic E-state index is 13.1. The molecular formula is C20H22N4O4. The molecule has 1 unspecified atom stereocenters. The van der Waals surface area contributed by atoms with Crippen LogP contribution in [-0.2, 0) is 13.1 Å². The maximum atomic E-state index is 13.1. The number of nitrogens with two attached hydrogens (primary N) is 1. The van der Waals surface area contributed by atoms with Crippen molar-refractivity contribution in [1.29, 1.82) is 0 Å². The first-order valence-electron chi connectivity index (χ1n) is 9.14. The average molecular weight is 382 g/mol. The molecule has 0 radical (unpaired) electrons. The molecule has 3 aromatic rings. The first kappa shape index (κ1) is 18.2. The van der Waals surface area contributed by atoms with Gasteiger partial charge in [-0.3, -0.25) is 9.48 Å². The molecular weight excluding hydrogens is 360 g/mol. The second-order valence-electron chi connectivity index (χ2n) is 7.34. The van der Waals surface area contributed by atoms with Gasteiger partial charge in [-0.25, -0.2) is 4.79 Å². The summed E-state index contributed by atoms with van der Waals surface area (Å²) in [5.74, 6) is 0.414. The number of carboxylic acid groups (broad SMARTS) is 1. The molecule has 0 spiro atoms. The highest BCUT2D eigenvalue weighted by Crippen LogP contribution is 2.33. The van der Waals surface area contributed by atoms with Gasteiger partial charge < -0.3 is 20.2 Å². The largest absolute Gasteiger partial charge is 0.465 e. The van der Waals surface area contributed by atoms with Crippen molar-refractivity contribution in [2.45, 2.75) is 39.9 Å². The van der Waals surface area contributed by atoms with Crippen LogP contribution < -0.4 is 11.2 Å². The third-order valence-electron chi connectivity index (χ3n) is 5.27. The Morgan fingerprint density at radius 3 is 2.75 bits per heavy atom. The van der Waals surface area contributed by atoms with E-state index < -0.39 is 6.09 Å². The highest BCUT2D eigenvalue weighted by Gasteiger charge is 2.27. The average Bonchev–Trinajstić information content (AvgIpc) is 3.07. The Balaban J connectivity index is 1.97. The predicted octanol–water partition coefficient (Wildman–Crippen LogP) is 2.79. The van der Waals surface area contributed by atoms with E-state index in [1.54, 1.807) is 17.8 Å². The molecule has 3 N–H and O–H groups in total. The minimum Gasteiger partial charge on any atom is -0.465 e. The SMILES string of the molecule is Cc1cc(C(C)N)c2oc(-c3cnn4c3CN(C(=O)O)CC4)c(C)c(=O)c2c1. The molecule has 3 heterocycles. The van der Waals surface area contributed by atoms with E-state index in [2.05, 4.69) is 5.10 Å². The number of amides is 1. The minimum absolute atomic E-state index is 0.118. The van der Waals surface area contributed by atoms with E-state index >= 15 is 0 Å². The van der Waals surface area contributed by atoms with Crippen LogP contribution in [0.25, 0.3) is 22.3 Å². The van der Waals surface area contributed by atoms with E-state index in [-0.39, 0.29) is 18.0 Å². The van der Waals surface area contributed by atoms with Gasteiger partial charge >= 0.3 is 6.09 Å². The van der Waals surface area contributed by atoms with Crippen LogP contribution in [0.4, 0.5) is 4.79 Å². The molecule has 0 saturated carbocycles. The normalized spacial score (nSPS) is 14.9. The monoisotopic (exact) mass is 382 g/mol. The van der Waals surface area contributed by atoms with Gasteiger partial charge in [0.05, 0.1) is 35.9 Å². The Bertz CT molecular complexity index is 1160. The fraction of sp³-hybridized carbons (Fsp3) is 0.350. The Hall–Kier alpha value is -3.13. The maximum Gasteiger partial charge on any atom is 0.407 e. The van der Waals surface area contributed by atoms with E-state index in [9.17, 15) is 14.7 Å². The van der Waals surface area contributed by atoms with E-state index in [0.29, 0.717) is 46.6 Å². The highest BCUT2D eigenvalue weighted by molar-refractivity contribution is 5.84. The lowest BCUT2D eigenvalue weighted by Gasteiger charge is -2.25. The molecule has 8 heteroatoms. The lowest BCUT2D eigenvalue weighted by atomic mass is 9.99. The molecule has 0 saturated heterocycles. The summed E-state index contributed by atoms with van der Waals surface area (Å²) in [6.45, 7) is 6.51. The van der Waals surface area contributed by atoms with Crippen molar-refractivity contribution in [3.8, 4) is 11.3 Å². The Labute approximate surface area is 161 Å². The van der Waals surface area contributed by atoms with Gasteiger partial charge in [0.15, 0.2) is 5.43 Å². The van der Waals surface area contributed by atoms with Crippen LogP contribution in [0.15, 0.2) is 27.5 Å². The molecule has 4 rings (SSSR count). The molecule has 0 aliphatic carbocycles. The summed E-state index contributed by atoms with van der Waals surface area (Å²) >= 11 is 0. The van der Waals surface area contributed by atoms with Crippen LogP contribution in [0.2, 0.25) is 0 Å². The van der Waals surface area contributed by atoms with E-state index in [0.717, 1.165) is 11.1 Å². The number of aromatic nitrogens is 2. The molecule has 1 aromatic carbocycles. The predicted molar refractivity (Wildman–Crippen MR) is 104 cm³/mol. The van der Waals surface area contributed by atoms with Crippen LogP contribution >= 0.6 is 0 Å². The second kappa shape index (κ2) is 6.49. The molecule has 2 aromatic heterocycles. The number of fused-ring (bicyclic) bond motifs is 2. The number of benzene rings is 1. The van der Waals surface area contributed by atoms with Crippen molar-refractivity contribution in [2.75, 3.05) is 6.54 Å². The third-order valence-corrected chi connectivity index (χ3v) is 5.27. The number of hydrogen-bond donors (Lipinski definition) is 2. The standard InChI is InChI=1S/C20H22N4O4/c1-10-6-13(12(3)21)19-14(7-10)17(25)11(2)18(28-19)15-8-22-24-5-4-23(20(26)27)9-16(15)24/h6-8,12H,4-5,9,21H2,1-3H3,(H,26,27). The number of aryl methyl sites for hydroxylation is 1. The van der Waals surface area contributed by atoms with Gasteiger partial charge in [-0.15, -0.1) is 0 Å². The third kappa shape index (κ3) is 2.77.